The lowest BCUT2D eigenvalue weighted by Crippen LogP contribution is -2.36. The van der Waals surface area contributed by atoms with Crippen molar-refractivity contribution >= 4 is 11.5 Å². The van der Waals surface area contributed by atoms with Gasteiger partial charge in [0.15, 0.2) is 11.3 Å². The molecule has 2 aromatic rings. The van der Waals surface area contributed by atoms with Crippen LogP contribution < -0.4 is 5.32 Å². The third kappa shape index (κ3) is 2.25. The smallest absolute Gasteiger partial charge is 0.162 e. The van der Waals surface area contributed by atoms with E-state index < -0.39 is 0 Å². The van der Waals surface area contributed by atoms with Crippen molar-refractivity contribution < 1.29 is 5.11 Å². The zero-order chi connectivity index (χ0) is 13.2. The van der Waals surface area contributed by atoms with Crippen LogP contribution in [0.2, 0.25) is 0 Å². The number of hydrogen-bond donors (Lipinski definition) is 2. The topological polar surface area (TPSA) is 86.2 Å². The van der Waals surface area contributed by atoms with Gasteiger partial charge in [-0.1, -0.05) is 12.8 Å². The molecule has 0 spiro atoms. The summed E-state index contributed by atoms with van der Waals surface area (Å²) in [5.41, 5.74) is 1.05. The number of imidazole rings is 1. The van der Waals surface area contributed by atoms with E-state index in [9.17, 15) is 5.11 Å². The lowest BCUT2D eigenvalue weighted by molar-refractivity contribution is 0.116. The minimum atomic E-state index is -0.329. The summed E-state index contributed by atoms with van der Waals surface area (Å²) in [6.45, 7) is 0. The molecule has 0 saturated heterocycles. The maximum Gasteiger partial charge on any atom is 0.162 e. The monoisotopic (exact) mass is 257 g/mol. The van der Waals surface area contributed by atoms with E-state index in [1.54, 1.807) is 0 Å². The fourth-order valence-electron chi connectivity index (χ4n) is 2.50. The summed E-state index contributed by atoms with van der Waals surface area (Å²) >= 11 is 0. The van der Waals surface area contributed by atoms with Gasteiger partial charge in [0.05, 0.1) is 18.3 Å². The van der Waals surface area contributed by atoms with Crippen molar-refractivity contribution in [2.75, 3.05) is 5.32 Å². The predicted octanol–water partition coefficient (Wildman–Crippen LogP) is 1.32. The highest BCUT2D eigenvalue weighted by molar-refractivity contribution is 5.47. The van der Waals surface area contributed by atoms with E-state index in [1.807, 2.05) is 12.1 Å². The van der Waals surface area contributed by atoms with E-state index in [1.165, 1.54) is 10.7 Å². The van der Waals surface area contributed by atoms with E-state index in [2.05, 4.69) is 21.5 Å². The number of aliphatic hydroxyl groups excluding tert-OH is 1. The Hall–Kier alpha value is -2.13. The zero-order valence-electron chi connectivity index (χ0n) is 10.5. The highest BCUT2D eigenvalue weighted by Crippen LogP contribution is 2.21. The van der Waals surface area contributed by atoms with Gasteiger partial charge < -0.3 is 10.4 Å². The molecule has 6 nitrogen and oxygen atoms in total. The molecule has 2 heterocycles. The Balaban J connectivity index is 1.86. The SMILES string of the molecule is N#Cc1cnc2ccc(N[C@@H]3CCCC[C@H]3O)nn12. The Labute approximate surface area is 110 Å². The van der Waals surface area contributed by atoms with Crippen LogP contribution in [0.1, 0.15) is 31.4 Å². The van der Waals surface area contributed by atoms with Crippen molar-refractivity contribution in [3.05, 3.63) is 24.0 Å². The maximum absolute atomic E-state index is 9.94. The van der Waals surface area contributed by atoms with Gasteiger partial charge in [-0.15, -0.1) is 5.10 Å². The van der Waals surface area contributed by atoms with Gasteiger partial charge in [-0.3, -0.25) is 0 Å². The van der Waals surface area contributed by atoms with Gasteiger partial charge in [-0.25, -0.2) is 9.50 Å². The molecule has 3 rings (SSSR count). The summed E-state index contributed by atoms with van der Waals surface area (Å²) in [6, 6.07) is 5.72. The number of anilines is 1. The summed E-state index contributed by atoms with van der Waals surface area (Å²) < 4.78 is 1.51. The van der Waals surface area contributed by atoms with Crippen molar-refractivity contribution in [1.82, 2.24) is 14.6 Å². The Morgan fingerprint density at radius 2 is 2.21 bits per heavy atom. The number of nitrogens with zero attached hydrogens (tertiary/aromatic N) is 4. The van der Waals surface area contributed by atoms with Crippen LogP contribution in [0.25, 0.3) is 5.65 Å². The first-order chi connectivity index (χ1) is 9.28. The Morgan fingerprint density at radius 3 is 3.00 bits per heavy atom. The maximum atomic E-state index is 9.94. The van der Waals surface area contributed by atoms with Crippen molar-refractivity contribution in [3.63, 3.8) is 0 Å². The normalized spacial score (nSPS) is 23.2. The Morgan fingerprint density at radius 1 is 1.37 bits per heavy atom. The zero-order valence-corrected chi connectivity index (χ0v) is 10.5. The molecule has 0 unspecified atom stereocenters. The van der Waals surface area contributed by atoms with Crippen molar-refractivity contribution in [2.24, 2.45) is 0 Å². The van der Waals surface area contributed by atoms with E-state index in [0.717, 1.165) is 25.7 Å². The highest BCUT2D eigenvalue weighted by atomic mass is 16.3. The number of nitrogens with one attached hydrogen (secondary N) is 1. The molecule has 1 aliphatic rings. The van der Waals surface area contributed by atoms with E-state index in [-0.39, 0.29) is 12.1 Å². The summed E-state index contributed by atoms with van der Waals surface area (Å²) in [6.07, 6.45) is 5.13. The minimum absolute atomic E-state index is 0.0350. The molecule has 1 fully saturated rings. The average Bonchev–Trinajstić information content (AvgIpc) is 2.84. The summed E-state index contributed by atoms with van der Waals surface area (Å²) in [5, 5.41) is 26.5. The van der Waals surface area contributed by atoms with Gasteiger partial charge in [0.1, 0.15) is 11.9 Å². The standard InChI is InChI=1S/C13H15N5O/c14-7-9-8-15-13-6-5-12(17-18(9)13)16-10-3-1-2-4-11(10)19/h5-6,8,10-11,19H,1-4H2,(H,16,17)/t10-,11-/m1/s1. The van der Waals surface area contributed by atoms with Crippen molar-refractivity contribution in [1.29, 1.82) is 5.26 Å². The lowest BCUT2D eigenvalue weighted by atomic mass is 9.93. The number of hydrogen-bond acceptors (Lipinski definition) is 5. The first-order valence-electron chi connectivity index (χ1n) is 6.47. The van der Waals surface area contributed by atoms with Crippen LogP contribution in [0.3, 0.4) is 0 Å². The van der Waals surface area contributed by atoms with Gasteiger partial charge in [-0.2, -0.15) is 5.26 Å². The molecule has 1 saturated carbocycles. The quantitative estimate of drug-likeness (QED) is 0.847. The molecule has 98 valence electrons. The minimum Gasteiger partial charge on any atom is -0.391 e. The molecule has 1 aliphatic carbocycles. The molecule has 2 N–H and O–H groups in total. The summed E-state index contributed by atoms with van der Waals surface area (Å²) in [7, 11) is 0. The first-order valence-corrected chi connectivity index (χ1v) is 6.47. The molecule has 2 atom stereocenters. The second-order valence-electron chi connectivity index (χ2n) is 4.85. The van der Waals surface area contributed by atoms with E-state index in [0.29, 0.717) is 17.2 Å². The molecule has 0 aromatic carbocycles. The first kappa shape index (κ1) is 11.9. The van der Waals surface area contributed by atoms with Crippen LogP contribution >= 0.6 is 0 Å². The van der Waals surface area contributed by atoms with Gasteiger partial charge in [-0.05, 0) is 25.0 Å². The molecule has 6 heteroatoms. The van der Waals surface area contributed by atoms with Gasteiger partial charge >= 0.3 is 0 Å². The van der Waals surface area contributed by atoms with Crippen LogP contribution in [0, 0.1) is 11.3 Å². The molecule has 0 bridgehead atoms. The Bertz CT molecular complexity index is 629. The van der Waals surface area contributed by atoms with Crippen LogP contribution in [0.4, 0.5) is 5.82 Å². The summed E-state index contributed by atoms with van der Waals surface area (Å²) in [4.78, 5) is 4.09. The summed E-state index contributed by atoms with van der Waals surface area (Å²) in [5.74, 6) is 0.660. The lowest BCUT2D eigenvalue weighted by Gasteiger charge is -2.28. The predicted molar refractivity (Wildman–Crippen MR) is 69.6 cm³/mol. The number of nitriles is 1. The Kier molecular flexibility index (Phi) is 3.05. The van der Waals surface area contributed by atoms with Crippen LogP contribution in [-0.2, 0) is 0 Å². The number of rotatable bonds is 2. The van der Waals surface area contributed by atoms with Gasteiger partial charge in [0.25, 0.3) is 0 Å². The second-order valence-corrected chi connectivity index (χ2v) is 4.85. The van der Waals surface area contributed by atoms with Crippen LogP contribution in [0.15, 0.2) is 18.3 Å². The number of aromatic nitrogens is 3. The second kappa shape index (κ2) is 4.86. The molecular formula is C13H15N5O. The molecular weight excluding hydrogens is 242 g/mol. The third-order valence-electron chi connectivity index (χ3n) is 3.54. The van der Waals surface area contributed by atoms with E-state index >= 15 is 0 Å². The molecule has 0 amide bonds. The van der Waals surface area contributed by atoms with Crippen molar-refractivity contribution in [3.8, 4) is 6.07 Å². The fraction of sp³-hybridized carbons (Fsp3) is 0.462. The fourth-order valence-corrected chi connectivity index (χ4v) is 2.50. The third-order valence-corrected chi connectivity index (χ3v) is 3.54. The van der Waals surface area contributed by atoms with Crippen LogP contribution in [0.5, 0.6) is 0 Å². The largest absolute Gasteiger partial charge is 0.391 e. The molecule has 0 radical (unpaired) electrons. The molecule has 2 aromatic heterocycles. The highest BCUT2D eigenvalue weighted by Gasteiger charge is 2.23. The molecule has 0 aliphatic heterocycles. The molecule has 19 heavy (non-hydrogen) atoms. The number of aliphatic hydroxyl groups is 1. The van der Waals surface area contributed by atoms with E-state index in [4.69, 9.17) is 5.26 Å². The number of fused-ring (bicyclic) bond motifs is 1. The van der Waals surface area contributed by atoms with Gasteiger partial charge in [0.2, 0.25) is 0 Å². The van der Waals surface area contributed by atoms with Crippen molar-refractivity contribution in [2.45, 2.75) is 37.8 Å². The average molecular weight is 257 g/mol. The van der Waals surface area contributed by atoms with Gasteiger partial charge in [0, 0.05) is 0 Å². The van der Waals surface area contributed by atoms with Crippen LogP contribution in [-0.4, -0.2) is 31.9 Å².